The maximum Gasteiger partial charge on any atom is 0.125 e. The van der Waals surface area contributed by atoms with Gasteiger partial charge in [-0.15, -0.1) is 11.3 Å². The van der Waals surface area contributed by atoms with Crippen LogP contribution in [0.15, 0.2) is 34.1 Å². The number of hydrogen-bond donors (Lipinski definition) is 2. The Bertz CT molecular complexity index is 561. The Morgan fingerprint density at radius 2 is 2.26 bits per heavy atom. The summed E-state index contributed by atoms with van der Waals surface area (Å²) in [6.07, 6.45) is 0.784. The molecule has 0 aliphatic carbocycles. The first-order valence-electron chi connectivity index (χ1n) is 5.67. The molecule has 0 aliphatic heterocycles. The molecule has 0 aliphatic rings. The molecule has 3 N–H and O–H groups in total. The number of hydrogen-bond acceptors (Lipinski definition) is 4. The van der Waals surface area contributed by atoms with Crippen LogP contribution in [0.3, 0.4) is 0 Å². The molecule has 3 nitrogen and oxygen atoms in total. The van der Waals surface area contributed by atoms with E-state index in [-0.39, 0.29) is 6.04 Å². The minimum Gasteiger partial charge on any atom is -0.496 e. The Kier molecular flexibility index (Phi) is 5.24. The van der Waals surface area contributed by atoms with Crippen LogP contribution in [0.1, 0.15) is 16.5 Å². The molecule has 0 radical (unpaired) electrons. The van der Waals surface area contributed by atoms with E-state index in [1.165, 1.54) is 4.88 Å². The summed E-state index contributed by atoms with van der Waals surface area (Å²) in [6.45, 7) is 0. The van der Waals surface area contributed by atoms with E-state index in [2.05, 4.69) is 21.4 Å². The molecule has 19 heavy (non-hydrogen) atoms. The van der Waals surface area contributed by atoms with Gasteiger partial charge in [0.2, 0.25) is 0 Å². The summed E-state index contributed by atoms with van der Waals surface area (Å²) in [5.41, 5.74) is 3.84. The van der Waals surface area contributed by atoms with Gasteiger partial charge in [0.25, 0.3) is 0 Å². The summed E-state index contributed by atoms with van der Waals surface area (Å²) in [6, 6.07) is 7.58. The lowest BCUT2D eigenvalue weighted by atomic mass is 10.0. The molecule has 6 heteroatoms. The molecule has 0 saturated carbocycles. The zero-order valence-electron chi connectivity index (χ0n) is 10.3. The van der Waals surface area contributed by atoms with Gasteiger partial charge in [0.05, 0.1) is 13.2 Å². The van der Waals surface area contributed by atoms with Crippen molar-refractivity contribution in [1.29, 1.82) is 0 Å². The number of ether oxygens (including phenoxy) is 1. The first-order chi connectivity index (χ1) is 9.15. The van der Waals surface area contributed by atoms with Gasteiger partial charge in [0, 0.05) is 26.4 Å². The topological polar surface area (TPSA) is 47.3 Å². The predicted octanol–water partition coefficient (Wildman–Crippen LogP) is 3.92. The number of nitrogens with two attached hydrogens (primary N) is 1. The highest BCUT2D eigenvalue weighted by Gasteiger charge is 2.17. The predicted molar refractivity (Wildman–Crippen MR) is 83.8 cm³/mol. The van der Waals surface area contributed by atoms with Crippen LogP contribution < -0.4 is 16.0 Å². The van der Waals surface area contributed by atoms with E-state index in [0.29, 0.717) is 5.02 Å². The Hall–Kier alpha value is -0.590. The third-order valence-corrected chi connectivity index (χ3v) is 5.04. The molecule has 0 fully saturated rings. The van der Waals surface area contributed by atoms with Crippen molar-refractivity contribution in [3.8, 4) is 5.75 Å². The molecule has 1 atom stereocenters. The second-order valence-electron chi connectivity index (χ2n) is 4.00. The first-order valence-corrected chi connectivity index (χ1v) is 7.72. The molecule has 0 amide bonds. The van der Waals surface area contributed by atoms with Gasteiger partial charge < -0.3 is 4.74 Å². The second-order valence-corrected chi connectivity index (χ2v) is 6.29. The Labute approximate surface area is 129 Å². The molecule has 102 valence electrons. The lowest BCUT2D eigenvalue weighted by molar-refractivity contribution is 0.399. The third-order valence-electron chi connectivity index (χ3n) is 2.85. The van der Waals surface area contributed by atoms with Gasteiger partial charge in [-0.3, -0.25) is 11.3 Å². The fourth-order valence-electron chi connectivity index (χ4n) is 1.89. The zero-order valence-corrected chi connectivity index (χ0v) is 13.5. The van der Waals surface area contributed by atoms with Gasteiger partial charge in [0.15, 0.2) is 0 Å². The summed E-state index contributed by atoms with van der Waals surface area (Å²) in [5, 5.41) is 2.69. The molecule has 0 saturated heterocycles. The van der Waals surface area contributed by atoms with Crippen molar-refractivity contribution in [2.45, 2.75) is 12.5 Å². The largest absolute Gasteiger partial charge is 0.496 e. The third kappa shape index (κ3) is 3.49. The second kappa shape index (κ2) is 6.72. The molecule has 1 heterocycles. The van der Waals surface area contributed by atoms with Gasteiger partial charge >= 0.3 is 0 Å². The highest BCUT2D eigenvalue weighted by atomic mass is 79.9. The van der Waals surface area contributed by atoms with E-state index < -0.39 is 0 Å². The maximum atomic E-state index is 5.97. The molecule has 2 aromatic rings. The molecule has 2 rings (SSSR count). The number of rotatable bonds is 5. The SMILES string of the molecule is COc1cc(Cl)ccc1C(Cc1sccc1Br)NN. The average molecular weight is 362 g/mol. The monoisotopic (exact) mass is 360 g/mol. The van der Waals surface area contributed by atoms with E-state index in [4.69, 9.17) is 22.2 Å². The van der Waals surface area contributed by atoms with Gasteiger partial charge in [-0.05, 0) is 39.5 Å². The number of thiophene rings is 1. The molecular weight excluding hydrogens is 348 g/mol. The molecule has 1 unspecified atom stereocenters. The maximum absolute atomic E-state index is 5.97. The quantitative estimate of drug-likeness (QED) is 0.627. The van der Waals surface area contributed by atoms with Crippen LogP contribution in [0, 0.1) is 0 Å². The Balaban J connectivity index is 2.29. The van der Waals surface area contributed by atoms with Crippen molar-refractivity contribution >= 4 is 38.9 Å². The van der Waals surface area contributed by atoms with Crippen molar-refractivity contribution in [2.24, 2.45) is 5.84 Å². The molecule has 1 aromatic heterocycles. The number of benzene rings is 1. The van der Waals surface area contributed by atoms with Crippen LogP contribution in [0.4, 0.5) is 0 Å². The molecule has 0 bridgehead atoms. The van der Waals surface area contributed by atoms with Gasteiger partial charge in [-0.1, -0.05) is 17.7 Å². The lowest BCUT2D eigenvalue weighted by Crippen LogP contribution is -2.29. The van der Waals surface area contributed by atoms with Crippen molar-refractivity contribution in [2.75, 3.05) is 7.11 Å². The van der Waals surface area contributed by atoms with E-state index in [1.807, 2.05) is 23.6 Å². The summed E-state index contributed by atoms with van der Waals surface area (Å²) in [5.74, 6) is 6.42. The molecular formula is C13H14BrClN2OS. The van der Waals surface area contributed by atoms with Crippen LogP contribution in [-0.4, -0.2) is 7.11 Å². The Morgan fingerprint density at radius 1 is 1.47 bits per heavy atom. The minimum atomic E-state index is -0.0258. The van der Waals surface area contributed by atoms with Gasteiger partial charge in [-0.2, -0.15) is 0 Å². The number of nitrogens with one attached hydrogen (secondary N) is 1. The summed E-state index contributed by atoms with van der Waals surface area (Å²) in [7, 11) is 1.63. The van der Waals surface area contributed by atoms with E-state index in [0.717, 1.165) is 22.2 Å². The van der Waals surface area contributed by atoms with Crippen LogP contribution in [-0.2, 0) is 6.42 Å². The van der Waals surface area contributed by atoms with E-state index >= 15 is 0 Å². The van der Waals surface area contributed by atoms with Crippen molar-refractivity contribution in [3.63, 3.8) is 0 Å². The van der Waals surface area contributed by atoms with Gasteiger partial charge in [0.1, 0.15) is 5.75 Å². The van der Waals surface area contributed by atoms with E-state index in [1.54, 1.807) is 24.5 Å². The van der Waals surface area contributed by atoms with Crippen LogP contribution >= 0.6 is 38.9 Å². The lowest BCUT2D eigenvalue weighted by Gasteiger charge is -2.19. The Morgan fingerprint density at radius 3 is 2.84 bits per heavy atom. The number of hydrazine groups is 1. The molecule has 1 aromatic carbocycles. The zero-order chi connectivity index (χ0) is 13.8. The fraction of sp³-hybridized carbons (Fsp3) is 0.231. The summed E-state index contributed by atoms with van der Waals surface area (Å²) >= 11 is 11.2. The normalized spacial score (nSPS) is 12.4. The number of halogens is 2. The summed E-state index contributed by atoms with van der Waals surface area (Å²) in [4.78, 5) is 1.24. The van der Waals surface area contributed by atoms with E-state index in [9.17, 15) is 0 Å². The average Bonchev–Trinajstić information content (AvgIpc) is 2.81. The highest BCUT2D eigenvalue weighted by molar-refractivity contribution is 9.10. The first kappa shape index (κ1) is 14.8. The standard InChI is InChI=1S/C13H14BrClN2OS/c1-18-12-6-8(15)2-3-9(12)11(17-16)7-13-10(14)4-5-19-13/h2-6,11,17H,7,16H2,1H3. The smallest absolute Gasteiger partial charge is 0.125 e. The minimum absolute atomic E-state index is 0.0258. The summed E-state index contributed by atoms with van der Waals surface area (Å²) < 4.78 is 6.47. The fourth-order valence-corrected chi connectivity index (χ4v) is 3.61. The van der Waals surface area contributed by atoms with Crippen LogP contribution in [0.25, 0.3) is 0 Å². The number of methoxy groups -OCH3 is 1. The highest BCUT2D eigenvalue weighted by Crippen LogP contribution is 2.33. The van der Waals surface area contributed by atoms with Gasteiger partial charge in [-0.25, -0.2) is 0 Å². The van der Waals surface area contributed by atoms with Crippen molar-refractivity contribution in [3.05, 3.63) is 49.6 Å². The molecule has 0 spiro atoms. The van der Waals surface area contributed by atoms with Crippen molar-refractivity contribution in [1.82, 2.24) is 5.43 Å². The van der Waals surface area contributed by atoms with Crippen LogP contribution in [0.2, 0.25) is 5.02 Å². The van der Waals surface area contributed by atoms with Crippen LogP contribution in [0.5, 0.6) is 5.75 Å². The van der Waals surface area contributed by atoms with Crippen molar-refractivity contribution < 1.29 is 4.74 Å².